The van der Waals surface area contributed by atoms with Crippen LogP contribution in [0.25, 0.3) is 0 Å². The first-order valence-electron chi connectivity index (χ1n) is 8.70. The van der Waals surface area contributed by atoms with Gasteiger partial charge in [-0.3, -0.25) is 0 Å². The van der Waals surface area contributed by atoms with Gasteiger partial charge in [-0.25, -0.2) is 18.0 Å². The molecule has 1 N–H and O–H groups in total. The molecule has 2 aromatic rings. The third-order valence-corrected chi connectivity index (χ3v) is 5.77. The number of nitrogens with one attached hydrogen (secondary N) is 1. The van der Waals surface area contributed by atoms with Crippen LogP contribution < -0.4 is 9.73 Å². The van der Waals surface area contributed by atoms with Crippen molar-refractivity contribution in [3.63, 3.8) is 0 Å². The zero-order valence-corrected chi connectivity index (χ0v) is 16.0. The van der Waals surface area contributed by atoms with E-state index in [0.717, 1.165) is 5.56 Å². The summed E-state index contributed by atoms with van der Waals surface area (Å²) >= 11 is 0. The molecule has 0 aromatic heterocycles. The fraction of sp³-hybridized carbons (Fsp3) is 0.316. The van der Waals surface area contributed by atoms with Gasteiger partial charge in [-0.15, -0.1) is 0 Å². The average Bonchev–Trinajstić information content (AvgIpc) is 2.63. The number of sulfonamides is 1. The molecule has 0 bridgehead atoms. The molecule has 0 radical (unpaired) electrons. The van der Waals surface area contributed by atoms with Gasteiger partial charge in [-0.05, 0) is 37.3 Å². The van der Waals surface area contributed by atoms with E-state index in [1.807, 2.05) is 6.92 Å². The molecule has 150 valence electrons. The van der Waals surface area contributed by atoms with Gasteiger partial charge >= 0.3 is 0 Å². The molecular formula is C19H20F3N3O2S. The Morgan fingerprint density at radius 3 is 2.39 bits per heavy atom. The Labute approximate surface area is 161 Å². The Hall–Kier alpha value is -2.55. The van der Waals surface area contributed by atoms with Gasteiger partial charge in [0.2, 0.25) is 0 Å². The monoisotopic (exact) mass is 411 g/mol. The molecule has 5 nitrogen and oxygen atoms in total. The van der Waals surface area contributed by atoms with Gasteiger partial charge < -0.3 is 4.90 Å². The molecule has 0 aliphatic carbocycles. The first-order chi connectivity index (χ1) is 13.2. The fourth-order valence-corrected chi connectivity index (χ4v) is 3.72. The standard InChI is InChI=1S/C19H20F3N3O2S/c1-14-2-5-17(6-3-14)28(26,27)24-23-13-15-12-16(20)4-7-18(15)25-10-8-19(21,22)9-11-25/h2-7,12-13,24H,8-11H2,1H3/b23-13-. The lowest BCUT2D eigenvalue weighted by atomic mass is 10.0. The quantitative estimate of drug-likeness (QED) is 0.603. The van der Waals surface area contributed by atoms with Crippen LogP contribution in [0.1, 0.15) is 24.0 Å². The molecular weight excluding hydrogens is 391 g/mol. The van der Waals surface area contributed by atoms with E-state index in [2.05, 4.69) is 9.93 Å². The summed E-state index contributed by atoms with van der Waals surface area (Å²) < 4.78 is 65.0. The highest BCUT2D eigenvalue weighted by atomic mass is 32.2. The zero-order valence-electron chi connectivity index (χ0n) is 15.2. The van der Waals surface area contributed by atoms with E-state index in [-0.39, 0.29) is 30.8 Å². The van der Waals surface area contributed by atoms with Crippen LogP contribution in [-0.4, -0.2) is 33.6 Å². The molecule has 1 saturated heterocycles. The van der Waals surface area contributed by atoms with Crippen LogP contribution in [0.3, 0.4) is 0 Å². The third-order valence-electron chi connectivity index (χ3n) is 4.53. The van der Waals surface area contributed by atoms with Crippen LogP contribution >= 0.6 is 0 Å². The van der Waals surface area contributed by atoms with Crippen molar-refractivity contribution in [2.24, 2.45) is 5.10 Å². The van der Waals surface area contributed by atoms with E-state index >= 15 is 0 Å². The van der Waals surface area contributed by atoms with Crippen molar-refractivity contribution in [3.8, 4) is 0 Å². The Kier molecular flexibility index (Phi) is 5.64. The molecule has 0 atom stereocenters. The fourth-order valence-electron chi connectivity index (χ4n) is 2.93. The Balaban J connectivity index is 1.78. The van der Waals surface area contributed by atoms with Gasteiger partial charge in [0.1, 0.15) is 5.82 Å². The minimum Gasteiger partial charge on any atom is -0.371 e. The summed E-state index contributed by atoms with van der Waals surface area (Å²) in [6, 6.07) is 10.1. The second kappa shape index (κ2) is 7.83. The Bertz CT molecular complexity index is 966. The van der Waals surface area contributed by atoms with Crippen molar-refractivity contribution >= 4 is 21.9 Å². The number of halogens is 3. The van der Waals surface area contributed by atoms with Crippen LogP contribution in [0.2, 0.25) is 0 Å². The number of rotatable bonds is 5. The minimum atomic E-state index is -3.86. The summed E-state index contributed by atoms with van der Waals surface area (Å²) in [7, 11) is -3.86. The Morgan fingerprint density at radius 2 is 1.75 bits per heavy atom. The summed E-state index contributed by atoms with van der Waals surface area (Å²) in [5, 5.41) is 3.73. The van der Waals surface area contributed by atoms with Crippen LogP contribution in [0, 0.1) is 12.7 Å². The van der Waals surface area contributed by atoms with Crippen molar-refractivity contribution in [3.05, 3.63) is 59.4 Å². The predicted molar refractivity (Wildman–Crippen MR) is 102 cm³/mol. The molecule has 1 aliphatic heterocycles. The summed E-state index contributed by atoms with van der Waals surface area (Å²) in [5.74, 6) is -3.23. The van der Waals surface area contributed by atoms with Crippen molar-refractivity contribution < 1.29 is 21.6 Å². The molecule has 9 heteroatoms. The first kappa shape index (κ1) is 20.2. The third kappa shape index (κ3) is 4.83. The number of hydrogen-bond donors (Lipinski definition) is 1. The lowest BCUT2D eigenvalue weighted by molar-refractivity contribution is -0.0220. The average molecular weight is 411 g/mol. The number of nitrogens with zero attached hydrogens (tertiary/aromatic N) is 2. The summed E-state index contributed by atoms with van der Waals surface area (Å²) in [6.07, 6.45) is 0.596. The normalized spacial score (nSPS) is 17.1. The largest absolute Gasteiger partial charge is 0.371 e. The highest BCUT2D eigenvalue weighted by molar-refractivity contribution is 7.89. The molecule has 1 heterocycles. The van der Waals surface area contributed by atoms with Gasteiger partial charge in [-0.1, -0.05) is 17.7 Å². The van der Waals surface area contributed by atoms with Crippen molar-refractivity contribution in [1.29, 1.82) is 0 Å². The van der Waals surface area contributed by atoms with Crippen LogP contribution in [0.5, 0.6) is 0 Å². The molecule has 3 rings (SSSR count). The van der Waals surface area contributed by atoms with Crippen LogP contribution in [0.15, 0.2) is 52.5 Å². The van der Waals surface area contributed by atoms with Crippen LogP contribution in [0.4, 0.5) is 18.9 Å². The maximum atomic E-state index is 13.7. The molecule has 2 aromatic carbocycles. The number of piperidine rings is 1. The van der Waals surface area contributed by atoms with Gasteiger partial charge in [0.15, 0.2) is 0 Å². The van der Waals surface area contributed by atoms with Crippen molar-refractivity contribution in [2.75, 3.05) is 18.0 Å². The smallest absolute Gasteiger partial charge is 0.276 e. The highest BCUT2D eigenvalue weighted by Crippen LogP contribution is 2.31. The van der Waals surface area contributed by atoms with E-state index in [9.17, 15) is 21.6 Å². The number of aryl methyl sites for hydroxylation is 1. The minimum absolute atomic E-state index is 0.0491. The second-order valence-corrected chi connectivity index (χ2v) is 8.37. The maximum Gasteiger partial charge on any atom is 0.276 e. The van der Waals surface area contributed by atoms with Crippen LogP contribution in [-0.2, 0) is 10.0 Å². The number of hydrogen-bond acceptors (Lipinski definition) is 4. The molecule has 1 aliphatic rings. The molecule has 1 fully saturated rings. The predicted octanol–water partition coefficient (Wildman–Crippen LogP) is 3.68. The maximum absolute atomic E-state index is 13.7. The molecule has 0 unspecified atom stereocenters. The molecule has 28 heavy (non-hydrogen) atoms. The van der Waals surface area contributed by atoms with Gasteiger partial charge in [0.05, 0.1) is 11.1 Å². The zero-order chi connectivity index (χ0) is 20.4. The number of hydrazone groups is 1. The van der Waals surface area contributed by atoms with E-state index in [0.29, 0.717) is 11.3 Å². The van der Waals surface area contributed by atoms with Crippen molar-refractivity contribution in [1.82, 2.24) is 4.83 Å². The van der Waals surface area contributed by atoms with E-state index in [1.165, 1.54) is 36.5 Å². The van der Waals surface area contributed by atoms with Gasteiger partial charge in [0.25, 0.3) is 15.9 Å². The van der Waals surface area contributed by atoms with Crippen molar-refractivity contribution in [2.45, 2.75) is 30.6 Å². The Morgan fingerprint density at radius 1 is 1.11 bits per heavy atom. The number of benzene rings is 2. The van der Waals surface area contributed by atoms with Gasteiger partial charge in [-0.2, -0.15) is 13.5 Å². The van der Waals surface area contributed by atoms with E-state index in [1.54, 1.807) is 17.0 Å². The lowest BCUT2D eigenvalue weighted by Crippen LogP contribution is -2.39. The topological polar surface area (TPSA) is 61.8 Å². The summed E-state index contributed by atoms with van der Waals surface area (Å²) in [6.45, 7) is 2.08. The molecule has 0 spiro atoms. The second-order valence-electron chi connectivity index (χ2n) is 6.71. The molecule has 0 amide bonds. The van der Waals surface area contributed by atoms with Gasteiger partial charge in [0, 0.05) is 37.2 Å². The first-order valence-corrected chi connectivity index (χ1v) is 10.2. The van der Waals surface area contributed by atoms with E-state index < -0.39 is 21.8 Å². The lowest BCUT2D eigenvalue weighted by Gasteiger charge is -2.34. The molecule has 0 saturated carbocycles. The number of alkyl halides is 2. The van der Waals surface area contributed by atoms with E-state index in [4.69, 9.17) is 0 Å². The SMILES string of the molecule is Cc1ccc(S(=O)(=O)N/N=C\c2cc(F)ccc2N2CCC(F)(F)CC2)cc1. The summed E-state index contributed by atoms with van der Waals surface area (Å²) in [4.78, 5) is 3.85. The summed E-state index contributed by atoms with van der Waals surface area (Å²) in [5.41, 5.74) is 1.74. The number of anilines is 1. The highest BCUT2D eigenvalue weighted by Gasteiger charge is 2.34.